The summed E-state index contributed by atoms with van der Waals surface area (Å²) in [5.74, 6) is 0.867. The standard InChI is InChI=1S/C38H60O9/c1-20(2)22-11-16-38(33(44)47-32-31(43)30(42)29(41)24(19-39)46-32)18-17-36(7)23(28(22)38)9-10-26-35(6)14-13-27(45-21(3)40)34(4,5)25(35)12-15-37(26,36)8/h22-32,39,41-43H,1,9-19H2,2-8H3/t22-,23+,24+,25-,26+,27-,28+,29+,30-,31-,32+,35-,36+,37+,38-/m0/s1. The first-order valence-electron chi connectivity index (χ1n) is 18.2. The highest BCUT2D eigenvalue weighted by atomic mass is 16.7. The van der Waals surface area contributed by atoms with Crippen LogP contribution in [0.5, 0.6) is 0 Å². The molecule has 6 aliphatic rings. The SMILES string of the molecule is C=C(C)[C@@H]1CC[C@]2(C(=O)O[C@H]3O[C@H](CO)[C@@H](O)[C@H](O)[C@@H]3O)CC[C@]3(C)[C@H](CC[C@@H]4[C@@]5(C)CC[C@H](OC(C)=O)C(C)(C)[C@@H]5CC[C@]43C)[C@@H]12. The molecule has 0 amide bonds. The van der Waals surface area contributed by atoms with Gasteiger partial charge in [-0.2, -0.15) is 0 Å². The fraction of sp³-hybridized carbons (Fsp3) is 0.895. The quantitative estimate of drug-likeness (QED) is 0.239. The first kappa shape index (κ1) is 35.3. The Bertz CT molecular complexity index is 1260. The third-order valence-electron chi connectivity index (χ3n) is 15.8. The van der Waals surface area contributed by atoms with Gasteiger partial charge in [0.2, 0.25) is 6.29 Å². The van der Waals surface area contributed by atoms with Crippen LogP contribution >= 0.6 is 0 Å². The first-order valence-corrected chi connectivity index (χ1v) is 18.2. The van der Waals surface area contributed by atoms with Crippen molar-refractivity contribution in [1.29, 1.82) is 0 Å². The average molecular weight is 661 g/mol. The number of allylic oxidation sites excluding steroid dienone is 1. The van der Waals surface area contributed by atoms with Gasteiger partial charge in [-0.1, -0.05) is 46.8 Å². The summed E-state index contributed by atoms with van der Waals surface area (Å²) in [6.45, 7) is 19.6. The van der Waals surface area contributed by atoms with Crippen molar-refractivity contribution in [3.63, 3.8) is 0 Å². The van der Waals surface area contributed by atoms with Crippen LogP contribution < -0.4 is 0 Å². The van der Waals surface area contributed by atoms with Crippen molar-refractivity contribution in [2.45, 2.75) is 149 Å². The second-order valence-electron chi connectivity index (χ2n) is 17.9. The second-order valence-corrected chi connectivity index (χ2v) is 17.9. The van der Waals surface area contributed by atoms with Gasteiger partial charge in [0, 0.05) is 12.3 Å². The van der Waals surface area contributed by atoms with E-state index in [1.54, 1.807) is 0 Å². The molecule has 0 aromatic carbocycles. The van der Waals surface area contributed by atoms with E-state index in [-0.39, 0.29) is 51.5 Å². The van der Waals surface area contributed by atoms with Gasteiger partial charge in [-0.25, -0.2) is 0 Å². The summed E-state index contributed by atoms with van der Waals surface area (Å²) in [7, 11) is 0. The molecule has 6 rings (SSSR count). The van der Waals surface area contributed by atoms with Crippen molar-refractivity contribution >= 4 is 11.9 Å². The molecule has 266 valence electrons. The molecule has 0 aromatic rings. The largest absolute Gasteiger partial charge is 0.462 e. The van der Waals surface area contributed by atoms with E-state index >= 15 is 0 Å². The zero-order valence-corrected chi connectivity index (χ0v) is 29.7. The van der Waals surface area contributed by atoms with Gasteiger partial charge in [0.25, 0.3) is 0 Å². The van der Waals surface area contributed by atoms with Crippen molar-refractivity contribution in [2.24, 2.45) is 56.7 Å². The topological polar surface area (TPSA) is 143 Å². The van der Waals surface area contributed by atoms with Crippen LogP contribution in [-0.4, -0.2) is 75.8 Å². The fourth-order valence-electron chi connectivity index (χ4n) is 13.3. The molecule has 47 heavy (non-hydrogen) atoms. The maximum absolute atomic E-state index is 14.4. The lowest BCUT2D eigenvalue weighted by molar-refractivity contribution is -0.299. The zero-order valence-electron chi connectivity index (χ0n) is 29.7. The Balaban J connectivity index is 1.31. The Labute approximate surface area is 280 Å². The lowest BCUT2D eigenvalue weighted by Gasteiger charge is -2.72. The van der Waals surface area contributed by atoms with Crippen LogP contribution in [0.15, 0.2) is 12.2 Å². The molecular formula is C38H60O9. The van der Waals surface area contributed by atoms with Crippen LogP contribution in [0.3, 0.4) is 0 Å². The van der Waals surface area contributed by atoms with Crippen LogP contribution in [0.1, 0.15) is 113 Å². The first-order chi connectivity index (χ1) is 21.9. The summed E-state index contributed by atoms with van der Waals surface area (Å²) in [6, 6.07) is 0. The van der Waals surface area contributed by atoms with Crippen LogP contribution in [0, 0.1) is 56.7 Å². The molecule has 0 unspecified atom stereocenters. The number of esters is 2. The molecule has 0 radical (unpaired) electrons. The summed E-state index contributed by atoms with van der Waals surface area (Å²) < 4.78 is 17.5. The van der Waals surface area contributed by atoms with Crippen LogP contribution in [0.4, 0.5) is 0 Å². The van der Waals surface area contributed by atoms with E-state index in [2.05, 4.69) is 48.1 Å². The Morgan fingerprint density at radius 2 is 1.49 bits per heavy atom. The minimum absolute atomic E-state index is 0.00357. The molecule has 0 spiro atoms. The zero-order chi connectivity index (χ0) is 34.5. The third kappa shape index (κ3) is 4.94. The molecule has 0 bridgehead atoms. The van der Waals surface area contributed by atoms with Gasteiger partial charge in [0.15, 0.2) is 0 Å². The van der Waals surface area contributed by atoms with Gasteiger partial charge in [-0.3, -0.25) is 9.59 Å². The summed E-state index contributed by atoms with van der Waals surface area (Å²) in [5, 5.41) is 41.1. The van der Waals surface area contributed by atoms with Crippen molar-refractivity contribution < 1.29 is 44.2 Å². The number of carbonyl (C=O) groups is 2. The number of hydrogen-bond donors (Lipinski definition) is 4. The average Bonchev–Trinajstić information content (AvgIpc) is 3.40. The Kier molecular flexibility index (Phi) is 8.85. The van der Waals surface area contributed by atoms with Gasteiger partial charge in [-0.15, -0.1) is 0 Å². The predicted octanol–water partition coefficient (Wildman–Crippen LogP) is 4.92. The number of carbonyl (C=O) groups excluding carboxylic acids is 2. The molecule has 5 saturated carbocycles. The predicted molar refractivity (Wildman–Crippen MR) is 174 cm³/mol. The Morgan fingerprint density at radius 3 is 2.13 bits per heavy atom. The van der Waals surface area contributed by atoms with Crippen LogP contribution in [-0.2, 0) is 23.8 Å². The molecule has 9 nitrogen and oxygen atoms in total. The summed E-state index contributed by atoms with van der Waals surface area (Å²) in [4.78, 5) is 26.5. The van der Waals surface area contributed by atoms with Gasteiger partial charge >= 0.3 is 11.9 Å². The van der Waals surface area contributed by atoms with Gasteiger partial charge in [-0.05, 0) is 117 Å². The Morgan fingerprint density at radius 1 is 0.787 bits per heavy atom. The molecule has 15 atom stereocenters. The minimum atomic E-state index is -1.62. The summed E-state index contributed by atoms with van der Waals surface area (Å²) >= 11 is 0. The maximum Gasteiger partial charge on any atom is 0.314 e. The monoisotopic (exact) mass is 660 g/mol. The molecular weight excluding hydrogens is 600 g/mol. The van der Waals surface area contributed by atoms with E-state index in [4.69, 9.17) is 14.2 Å². The molecule has 1 aliphatic heterocycles. The normalized spacial score (nSPS) is 51.9. The van der Waals surface area contributed by atoms with E-state index in [1.807, 2.05) is 0 Å². The number of rotatable bonds is 5. The van der Waals surface area contributed by atoms with Crippen molar-refractivity contribution in [1.82, 2.24) is 0 Å². The van der Waals surface area contributed by atoms with Crippen LogP contribution in [0.2, 0.25) is 0 Å². The number of fused-ring (bicyclic) bond motifs is 7. The van der Waals surface area contributed by atoms with E-state index in [9.17, 15) is 30.0 Å². The highest BCUT2D eigenvalue weighted by Crippen LogP contribution is 2.77. The second kappa shape index (κ2) is 11.8. The third-order valence-corrected chi connectivity index (χ3v) is 15.8. The minimum Gasteiger partial charge on any atom is -0.462 e. The highest BCUT2D eigenvalue weighted by molar-refractivity contribution is 5.78. The molecule has 5 aliphatic carbocycles. The molecule has 0 aromatic heterocycles. The number of aliphatic hydroxyl groups excluding tert-OH is 4. The molecule has 4 N–H and O–H groups in total. The number of ether oxygens (including phenoxy) is 3. The van der Waals surface area contributed by atoms with Crippen molar-refractivity contribution in [3.8, 4) is 0 Å². The highest BCUT2D eigenvalue weighted by Gasteiger charge is 2.72. The van der Waals surface area contributed by atoms with E-state index in [0.717, 1.165) is 56.9 Å². The van der Waals surface area contributed by atoms with Gasteiger partial charge in [0.05, 0.1) is 12.0 Å². The van der Waals surface area contributed by atoms with Gasteiger partial charge in [0.1, 0.15) is 30.5 Å². The van der Waals surface area contributed by atoms with Crippen LogP contribution in [0.25, 0.3) is 0 Å². The lowest BCUT2D eigenvalue weighted by Crippen LogP contribution is -2.67. The van der Waals surface area contributed by atoms with Crippen molar-refractivity contribution in [3.05, 3.63) is 12.2 Å². The maximum atomic E-state index is 14.4. The molecule has 1 saturated heterocycles. The smallest absolute Gasteiger partial charge is 0.314 e. The number of hydrogen-bond acceptors (Lipinski definition) is 9. The van der Waals surface area contributed by atoms with E-state index < -0.39 is 48.7 Å². The lowest BCUT2D eigenvalue weighted by atomic mass is 9.32. The van der Waals surface area contributed by atoms with Gasteiger partial charge < -0.3 is 34.6 Å². The van der Waals surface area contributed by atoms with Crippen molar-refractivity contribution in [2.75, 3.05) is 6.61 Å². The Hall–Kier alpha value is -1.52. The van der Waals surface area contributed by atoms with E-state index in [0.29, 0.717) is 24.7 Å². The van der Waals surface area contributed by atoms with E-state index in [1.165, 1.54) is 6.92 Å². The summed E-state index contributed by atoms with van der Waals surface area (Å²) in [5.41, 5.74) is 0.416. The molecule has 6 fully saturated rings. The number of aliphatic hydroxyl groups is 4. The fourth-order valence-corrected chi connectivity index (χ4v) is 13.3. The molecule has 9 heteroatoms. The molecule has 1 heterocycles. The summed E-state index contributed by atoms with van der Waals surface area (Å²) in [6.07, 6.45) is 1.93.